The first-order valence-electron chi connectivity index (χ1n) is 8.41. The summed E-state index contributed by atoms with van der Waals surface area (Å²) < 4.78 is 32.5. The third-order valence-corrected chi connectivity index (χ3v) is 7.06. The van der Waals surface area contributed by atoms with Gasteiger partial charge in [0.1, 0.15) is 15.5 Å². The Hall–Kier alpha value is -2.84. The van der Waals surface area contributed by atoms with E-state index in [0.29, 0.717) is 17.1 Å². The van der Waals surface area contributed by atoms with Crippen molar-refractivity contribution in [3.8, 4) is 5.75 Å². The summed E-state index contributed by atoms with van der Waals surface area (Å²) in [5, 5.41) is 4.36. The number of benzene rings is 2. The van der Waals surface area contributed by atoms with Gasteiger partial charge in [0.2, 0.25) is 0 Å². The van der Waals surface area contributed by atoms with Crippen LogP contribution in [-0.2, 0) is 10.0 Å². The van der Waals surface area contributed by atoms with Gasteiger partial charge in [-0.15, -0.1) is 11.3 Å². The van der Waals surface area contributed by atoms with Crippen LogP contribution in [-0.4, -0.2) is 28.5 Å². The largest absolute Gasteiger partial charge is 0.497 e. The highest BCUT2D eigenvalue weighted by Gasteiger charge is 2.28. The lowest BCUT2D eigenvalue weighted by Crippen LogP contribution is -2.28. The number of aryl methyl sites for hydroxylation is 1. The fourth-order valence-electron chi connectivity index (χ4n) is 2.66. The molecule has 0 aliphatic rings. The van der Waals surface area contributed by atoms with Crippen molar-refractivity contribution in [1.82, 2.24) is 0 Å². The Morgan fingerprint density at radius 2 is 1.82 bits per heavy atom. The zero-order valence-corrected chi connectivity index (χ0v) is 17.3. The first kappa shape index (κ1) is 19.9. The van der Waals surface area contributed by atoms with E-state index >= 15 is 0 Å². The molecule has 1 N–H and O–H groups in total. The van der Waals surface area contributed by atoms with Gasteiger partial charge in [-0.3, -0.25) is 9.10 Å². The Morgan fingerprint density at radius 1 is 1.11 bits per heavy atom. The van der Waals surface area contributed by atoms with E-state index in [2.05, 4.69) is 5.32 Å². The Labute approximate surface area is 168 Å². The molecule has 0 radical (unpaired) electrons. The molecule has 0 aliphatic carbocycles. The molecule has 28 heavy (non-hydrogen) atoms. The SMILES string of the molecule is COc1ccc(N(C)S(=O)(=O)c2ccsc2C(=O)Nc2cccc(C)c2)cc1. The molecule has 1 aromatic heterocycles. The van der Waals surface area contributed by atoms with Crippen LogP contribution in [0.2, 0.25) is 0 Å². The lowest BCUT2D eigenvalue weighted by molar-refractivity contribution is 0.102. The summed E-state index contributed by atoms with van der Waals surface area (Å²) in [6, 6.07) is 15.4. The molecule has 6 nitrogen and oxygen atoms in total. The van der Waals surface area contributed by atoms with E-state index in [0.717, 1.165) is 21.2 Å². The average molecular weight is 417 g/mol. The summed E-state index contributed by atoms with van der Waals surface area (Å²) in [5.41, 5.74) is 2.08. The number of methoxy groups -OCH3 is 1. The first-order valence-corrected chi connectivity index (χ1v) is 10.7. The highest BCUT2D eigenvalue weighted by atomic mass is 32.2. The fourth-order valence-corrected chi connectivity index (χ4v) is 5.15. The topological polar surface area (TPSA) is 75.7 Å². The molecule has 0 saturated carbocycles. The monoisotopic (exact) mass is 416 g/mol. The Kier molecular flexibility index (Phi) is 5.71. The molecule has 146 valence electrons. The zero-order valence-electron chi connectivity index (χ0n) is 15.7. The number of rotatable bonds is 6. The number of hydrogen-bond donors (Lipinski definition) is 1. The Morgan fingerprint density at radius 3 is 2.46 bits per heavy atom. The van der Waals surface area contributed by atoms with Crippen LogP contribution in [0.3, 0.4) is 0 Å². The summed E-state index contributed by atoms with van der Waals surface area (Å²) in [7, 11) is -0.905. The van der Waals surface area contributed by atoms with Crippen molar-refractivity contribution >= 4 is 38.6 Å². The molecule has 0 atom stereocenters. The lowest BCUT2D eigenvalue weighted by Gasteiger charge is -2.20. The van der Waals surface area contributed by atoms with Gasteiger partial charge < -0.3 is 10.1 Å². The lowest BCUT2D eigenvalue weighted by atomic mass is 10.2. The molecule has 0 aliphatic heterocycles. The molecule has 0 unspecified atom stereocenters. The predicted octanol–water partition coefficient (Wildman–Crippen LogP) is 4.14. The van der Waals surface area contributed by atoms with Crippen molar-refractivity contribution in [2.45, 2.75) is 11.8 Å². The number of carbonyl (C=O) groups is 1. The molecule has 8 heteroatoms. The quantitative estimate of drug-likeness (QED) is 0.655. The molecule has 0 fully saturated rings. The minimum Gasteiger partial charge on any atom is -0.497 e. The number of amides is 1. The second-order valence-corrected chi connectivity index (χ2v) is 8.96. The van der Waals surface area contributed by atoms with Crippen LogP contribution in [0.1, 0.15) is 15.2 Å². The third-order valence-electron chi connectivity index (χ3n) is 4.19. The van der Waals surface area contributed by atoms with Crippen molar-refractivity contribution in [3.05, 3.63) is 70.4 Å². The number of ether oxygens (including phenoxy) is 1. The second kappa shape index (κ2) is 8.04. The normalized spacial score (nSPS) is 11.1. The number of carbonyl (C=O) groups excluding carboxylic acids is 1. The number of nitrogens with one attached hydrogen (secondary N) is 1. The van der Waals surface area contributed by atoms with Crippen LogP contribution >= 0.6 is 11.3 Å². The van der Waals surface area contributed by atoms with E-state index in [1.807, 2.05) is 25.1 Å². The molecule has 0 saturated heterocycles. The number of nitrogens with zero attached hydrogens (tertiary/aromatic N) is 1. The molecule has 1 heterocycles. The maximum atomic E-state index is 13.1. The van der Waals surface area contributed by atoms with Crippen LogP contribution < -0.4 is 14.4 Å². The molecule has 1 amide bonds. The van der Waals surface area contributed by atoms with Crippen LogP contribution in [0.5, 0.6) is 5.75 Å². The fraction of sp³-hybridized carbons (Fsp3) is 0.150. The second-order valence-electron chi connectivity index (χ2n) is 6.11. The van der Waals surface area contributed by atoms with Crippen molar-refractivity contribution in [3.63, 3.8) is 0 Å². The highest BCUT2D eigenvalue weighted by Crippen LogP contribution is 2.29. The van der Waals surface area contributed by atoms with Gasteiger partial charge in [0.25, 0.3) is 15.9 Å². The van der Waals surface area contributed by atoms with Crippen LogP contribution in [0.15, 0.2) is 64.9 Å². The summed E-state index contributed by atoms with van der Waals surface area (Å²) in [5.74, 6) is 0.172. The molecule has 3 aromatic rings. The Balaban J connectivity index is 1.89. The minimum atomic E-state index is -3.90. The van der Waals surface area contributed by atoms with Crippen LogP contribution in [0.25, 0.3) is 0 Å². The zero-order chi connectivity index (χ0) is 20.3. The van der Waals surface area contributed by atoms with E-state index in [4.69, 9.17) is 4.74 Å². The maximum absolute atomic E-state index is 13.1. The van der Waals surface area contributed by atoms with Gasteiger partial charge in [0.15, 0.2) is 0 Å². The third kappa shape index (κ3) is 4.02. The maximum Gasteiger partial charge on any atom is 0.267 e. The standard InChI is InChI=1S/C20H20N2O4S2/c1-14-5-4-6-15(13-14)21-20(23)19-18(11-12-27-19)28(24,25)22(2)16-7-9-17(26-3)10-8-16/h4-13H,1-3H3,(H,21,23). The average Bonchev–Trinajstić information content (AvgIpc) is 3.18. The molecule has 0 bridgehead atoms. The smallest absolute Gasteiger partial charge is 0.267 e. The summed E-state index contributed by atoms with van der Waals surface area (Å²) in [6.45, 7) is 1.92. The van der Waals surface area contributed by atoms with Crippen molar-refractivity contribution < 1.29 is 17.9 Å². The first-order chi connectivity index (χ1) is 13.3. The van der Waals surface area contributed by atoms with E-state index in [-0.39, 0.29) is 9.77 Å². The van der Waals surface area contributed by atoms with Crippen molar-refractivity contribution in [2.75, 3.05) is 23.8 Å². The predicted molar refractivity (Wildman–Crippen MR) is 112 cm³/mol. The van der Waals surface area contributed by atoms with Gasteiger partial charge in [-0.1, -0.05) is 12.1 Å². The molecular weight excluding hydrogens is 396 g/mol. The molecule has 2 aromatic carbocycles. The van der Waals surface area contributed by atoms with Gasteiger partial charge in [0.05, 0.1) is 12.8 Å². The van der Waals surface area contributed by atoms with Gasteiger partial charge in [0, 0.05) is 12.7 Å². The van der Waals surface area contributed by atoms with Gasteiger partial charge in [-0.25, -0.2) is 8.42 Å². The summed E-state index contributed by atoms with van der Waals surface area (Å²) in [4.78, 5) is 12.8. The molecule has 3 rings (SSSR count). The summed E-state index contributed by atoms with van der Waals surface area (Å²) in [6.07, 6.45) is 0. The van der Waals surface area contributed by atoms with Crippen molar-refractivity contribution in [1.29, 1.82) is 0 Å². The minimum absolute atomic E-state index is 0.0269. The molecular formula is C20H20N2O4S2. The van der Waals surface area contributed by atoms with Crippen LogP contribution in [0.4, 0.5) is 11.4 Å². The van der Waals surface area contributed by atoms with Gasteiger partial charge in [-0.05, 0) is 60.3 Å². The number of hydrogen-bond acceptors (Lipinski definition) is 5. The number of sulfonamides is 1. The van der Waals surface area contributed by atoms with E-state index in [1.165, 1.54) is 13.1 Å². The van der Waals surface area contributed by atoms with E-state index < -0.39 is 15.9 Å². The number of anilines is 2. The van der Waals surface area contributed by atoms with E-state index in [9.17, 15) is 13.2 Å². The summed E-state index contributed by atoms with van der Waals surface area (Å²) >= 11 is 1.09. The molecule has 0 spiro atoms. The van der Waals surface area contributed by atoms with Gasteiger partial charge >= 0.3 is 0 Å². The van der Waals surface area contributed by atoms with Gasteiger partial charge in [-0.2, -0.15) is 0 Å². The highest BCUT2D eigenvalue weighted by molar-refractivity contribution is 7.93. The van der Waals surface area contributed by atoms with Crippen molar-refractivity contribution in [2.24, 2.45) is 0 Å². The van der Waals surface area contributed by atoms with Crippen LogP contribution in [0, 0.1) is 6.92 Å². The Bertz CT molecular complexity index is 1090. The van der Waals surface area contributed by atoms with E-state index in [1.54, 1.807) is 42.8 Å². The number of thiophene rings is 1.